The van der Waals surface area contributed by atoms with Gasteiger partial charge in [-0.3, -0.25) is 9.89 Å². The number of nitrogens with one attached hydrogen (secondary N) is 1. The van der Waals surface area contributed by atoms with Crippen LogP contribution < -0.4 is 4.74 Å². The van der Waals surface area contributed by atoms with Gasteiger partial charge in [0.05, 0.1) is 25.5 Å². The number of phenolic OH excluding ortho intramolecular Hbond substituents is 1. The highest BCUT2D eigenvalue weighted by Crippen LogP contribution is 2.24. The van der Waals surface area contributed by atoms with E-state index in [0.29, 0.717) is 29.2 Å². The molecule has 0 spiro atoms. The number of benzene rings is 2. The molecule has 1 heterocycles. The van der Waals surface area contributed by atoms with Crippen molar-refractivity contribution in [1.82, 2.24) is 15.1 Å². The zero-order chi connectivity index (χ0) is 20.1. The molecule has 146 valence electrons. The van der Waals surface area contributed by atoms with Gasteiger partial charge in [0.15, 0.2) is 0 Å². The Hall–Kier alpha value is -3.32. The fourth-order valence-corrected chi connectivity index (χ4v) is 2.93. The molecule has 0 fully saturated rings. The molecule has 0 bridgehead atoms. The van der Waals surface area contributed by atoms with Crippen molar-refractivity contribution in [3.05, 3.63) is 65.9 Å². The monoisotopic (exact) mass is 381 g/mol. The summed E-state index contributed by atoms with van der Waals surface area (Å²) in [5.41, 5.74) is 2.35. The number of aromatic nitrogens is 2. The number of H-pyrrole nitrogens is 1. The number of aromatic hydroxyl groups is 1. The minimum Gasteiger partial charge on any atom is -0.508 e. The van der Waals surface area contributed by atoms with Gasteiger partial charge in [0.1, 0.15) is 17.2 Å². The Morgan fingerprint density at radius 2 is 2.00 bits per heavy atom. The van der Waals surface area contributed by atoms with Gasteiger partial charge in [-0.05, 0) is 42.8 Å². The fraction of sp³-hybridized carbons (Fsp3) is 0.238. The summed E-state index contributed by atoms with van der Waals surface area (Å²) in [7, 11) is 1.59. The van der Waals surface area contributed by atoms with Gasteiger partial charge in [0.25, 0.3) is 5.91 Å². The van der Waals surface area contributed by atoms with Crippen LogP contribution in [0.3, 0.4) is 0 Å². The first-order chi connectivity index (χ1) is 13.5. The first-order valence-corrected chi connectivity index (χ1v) is 8.98. The van der Waals surface area contributed by atoms with Crippen molar-refractivity contribution in [3.63, 3.8) is 0 Å². The predicted octanol–water partition coefficient (Wildman–Crippen LogP) is 2.99. The lowest BCUT2D eigenvalue weighted by Crippen LogP contribution is -2.34. The number of aliphatic hydroxyl groups excluding tert-OH is 1. The predicted molar refractivity (Wildman–Crippen MR) is 105 cm³/mol. The highest BCUT2D eigenvalue weighted by atomic mass is 16.5. The molecular formula is C21H23N3O4. The topological polar surface area (TPSA) is 98.7 Å². The third-order valence-corrected chi connectivity index (χ3v) is 4.49. The largest absolute Gasteiger partial charge is 0.508 e. The SMILES string of the molecule is CCN(C[C@@H](O)c1cccc(O)c1)C(=O)c1cc(-c2cccc(OC)c2)n[nH]1. The summed E-state index contributed by atoms with van der Waals surface area (Å²) in [6.45, 7) is 2.36. The molecule has 3 aromatic rings. The number of hydrogen-bond donors (Lipinski definition) is 3. The first kappa shape index (κ1) is 19.4. The number of hydrogen-bond acceptors (Lipinski definition) is 5. The third-order valence-electron chi connectivity index (χ3n) is 4.49. The molecule has 0 aliphatic rings. The number of aliphatic hydroxyl groups is 1. The highest BCUT2D eigenvalue weighted by molar-refractivity contribution is 5.93. The van der Waals surface area contributed by atoms with E-state index in [1.165, 1.54) is 17.0 Å². The summed E-state index contributed by atoms with van der Waals surface area (Å²) in [5.74, 6) is 0.517. The molecule has 7 nitrogen and oxygen atoms in total. The van der Waals surface area contributed by atoms with E-state index in [9.17, 15) is 15.0 Å². The van der Waals surface area contributed by atoms with E-state index in [-0.39, 0.29) is 18.2 Å². The molecule has 7 heteroatoms. The lowest BCUT2D eigenvalue weighted by molar-refractivity contribution is 0.0629. The summed E-state index contributed by atoms with van der Waals surface area (Å²) in [4.78, 5) is 14.4. The summed E-state index contributed by atoms with van der Waals surface area (Å²) in [6, 6.07) is 15.5. The van der Waals surface area contributed by atoms with Crippen molar-refractivity contribution in [2.75, 3.05) is 20.2 Å². The Bertz CT molecular complexity index is 954. The lowest BCUT2D eigenvalue weighted by atomic mass is 10.1. The van der Waals surface area contributed by atoms with Crippen LogP contribution in [0.2, 0.25) is 0 Å². The molecule has 0 saturated carbocycles. The number of nitrogens with zero attached hydrogens (tertiary/aromatic N) is 2. The summed E-state index contributed by atoms with van der Waals surface area (Å²) in [6.07, 6.45) is -0.906. The van der Waals surface area contributed by atoms with E-state index in [1.807, 2.05) is 31.2 Å². The molecule has 0 radical (unpaired) electrons. The number of phenols is 1. The molecule has 1 atom stereocenters. The van der Waals surface area contributed by atoms with Crippen LogP contribution in [-0.4, -0.2) is 51.4 Å². The average Bonchev–Trinajstić information content (AvgIpc) is 3.21. The molecule has 1 amide bonds. The number of carbonyl (C=O) groups is 1. The van der Waals surface area contributed by atoms with Crippen molar-refractivity contribution < 1.29 is 19.7 Å². The molecule has 0 saturated heterocycles. The van der Waals surface area contributed by atoms with Gasteiger partial charge >= 0.3 is 0 Å². The van der Waals surface area contributed by atoms with Crippen LogP contribution >= 0.6 is 0 Å². The number of likely N-dealkylation sites (N-methyl/N-ethyl adjacent to an activating group) is 1. The van der Waals surface area contributed by atoms with E-state index < -0.39 is 6.10 Å². The number of aromatic amines is 1. The van der Waals surface area contributed by atoms with Gasteiger partial charge in [-0.25, -0.2) is 0 Å². The van der Waals surface area contributed by atoms with Crippen molar-refractivity contribution >= 4 is 5.91 Å². The Kier molecular flexibility index (Phi) is 5.96. The molecule has 3 rings (SSSR count). The second-order valence-electron chi connectivity index (χ2n) is 6.35. The summed E-state index contributed by atoms with van der Waals surface area (Å²) >= 11 is 0. The molecule has 0 aliphatic heterocycles. The molecule has 0 aliphatic carbocycles. The van der Waals surface area contributed by atoms with E-state index >= 15 is 0 Å². The van der Waals surface area contributed by atoms with Crippen LogP contribution in [0, 0.1) is 0 Å². The van der Waals surface area contributed by atoms with Crippen molar-refractivity contribution in [3.8, 4) is 22.8 Å². The Labute approximate surface area is 163 Å². The van der Waals surface area contributed by atoms with Crippen LogP contribution in [0.25, 0.3) is 11.3 Å². The molecular weight excluding hydrogens is 358 g/mol. The van der Waals surface area contributed by atoms with Crippen LogP contribution in [0.1, 0.15) is 29.1 Å². The minimum atomic E-state index is -0.906. The second-order valence-corrected chi connectivity index (χ2v) is 6.35. The summed E-state index contributed by atoms with van der Waals surface area (Å²) < 4.78 is 5.22. The number of rotatable bonds is 7. The number of carbonyl (C=O) groups excluding carboxylic acids is 1. The molecule has 3 N–H and O–H groups in total. The van der Waals surface area contributed by atoms with Gasteiger partial charge in [-0.1, -0.05) is 24.3 Å². The standard InChI is InChI=1S/C21H23N3O4/c1-3-24(13-20(26)15-7-4-8-16(25)10-15)21(27)19-12-18(22-23-19)14-6-5-9-17(11-14)28-2/h4-12,20,25-26H,3,13H2,1-2H3,(H,22,23)/t20-/m1/s1. The number of ether oxygens (including phenoxy) is 1. The Balaban J connectivity index is 1.75. The van der Waals surface area contributed by atoms with Crippen molar-refractivity contribution in [2.24, 2.45) is 0 Å². The van der Waals surface area contributed by atoms with Gasteiger partial charge < -0.3 is 19.8 Å². The van der Waals surface area contributed by atoms with Crippen molar-refractivity contribution in [2.45, 2.75) is 13.0 Å². The van der Waals surface area contributed by atoms with Gasteiger partial charge in [0, 0.05) is 12.1 Å². The average molecular weight is 381 g/mol. The van der Waals surface area contributed by atoms with Crippen LogP contribution in [-0.2, 0) is 0 Å². The van der Waals surface area contributed by atoms with Crippen LogP contribution in [0.5, 0.6) is 11.5 Å². The second kappa shape index (κ2) is 8.58. The quantitative estimate of drug-likeness (QED) is 0.584. The lowest BCUT2D eigenvalue weighted by Gasteiger charge is -2.23. The Morgan fingerprint density at radius 3 is 2.71 bits per heavy atom. The molecule has 2 aromatic carbocycles. The molecule has 0 unspecified atom stereocenters. The zero-order valence-electron chi connectivity index (χ0n) is 15.8. The maximum Gasteiger partial charge on any atom is 0.271 e. The van der Waals surface area contributed by atoms with Crippen molar-refractivity contribution in [1.29, 1.82) is 0 Å². The maximum atomic E-state index is 12.8. The van der Waals surface area contributed by atoms with Gasteiger partial charge in [-0.2, -0.15) is 5.10 Å². The number of methoxy groups -OCH3 is 1. The third kappa shape index (κ3) is 4.32. The van der Waals surface area contributed by atoms with E-state index in [1.54, 1.807) is 25.3 Å². The van der Waals surface area contributed by atoms with E-state index in [2.05, 4.69) is 10.2 Å². The van der Waals surface area contributed by atoms with Gasteiger partial charge in [-0.15, -0.1) is 0 Å². The molecule has 1 aromatic heterocycles. The highest BCUT2D eigenvalue weighted by Gasteiger charge is 2.21. The van der Waals surface area contributed by atoms with E-state index in [4.69, 9.17) is 4.74 Å². The minimum absolute atomic E-state index is 0.0717. The normalized spacial score (nSPS) is 11.8. The molecule has 28 heavy (non-hydrogen) atoms. The maximum absolute atomic E-state index is 12.8. The van der Waals surface area contributed by atoms with Crippen LogP contribution in [0.4, 0.5) is 0 Å². The fourth-order valence-electron chi connectivity index (χ4n) is 2.93. The van der Waals surface area contributed by atoms with Crippen LogP contribution in [0.15, 0.2) is 54.6 Å². The van der Waals surface area contributed by atoms with Gasteiger partial charge in [0.2, 0.25) is 0 Å². The zero-order valence-corrected chi connectivity index (χ0v) is 15.8. The Morgan fingerprint density at radius 1 is 1.21 bits per heavy atom. The number of amides is 1. The van der Waals surface area contributed by atoms with E-state index in [0.717, 1.165) is 5.56 Å². The smallest absolute Gasteiger partial charge is 0.271 e. The summed E-state index contributed by atoms with van der Waals surface area (Å²) in [5, 5.41) is 27.0. The first-order valence-electron chi connectivity index (χ1n) is 8.98.